The monoisotopic (exact) mass is 303 g/mol. The molecule has 1 aliphatic rings. The van der Waals surface area contributed by atoms with Crippen molar-refractivity contribution >= 4 is 10.0 Å². The molecule has 114 valence electrons. The first-order chi connectivity index (χ1) is 9.29. The second-order valence-corrected chi connectivity index (χ2v) is 7.11. The minimum Gasteiger partial charge on any atom is -0.465 e. The van der Waals surface area contributed by atoms with Crippen molar-refractivity contribution in [2.45, 2.75) is 50.7 Å². The topological polar surface area (TPSA) is 88.8 Å². The summed E-state index contributed by atoms with van der Waals surface area (Å²) in [5, 5.41) is 9.33. The molecule has 6 nitrogen and oxygen atoms in total. The summed E-state index contributed by atoms with van der Waals surface area (Å²) in [4.78, 5) is 0.0408. The van der Waals surface area contributed by atoms with Gasteiger partial charge in [-0.1, -0.05) is 0 Å². The van der Waals surface area contributed by atoms with E-state index in [0.29, 0.717) is 17.9 Å². The Bertz CT molecular complexity index is 584. The summed E-state index contributed by atoms with van der Waals surface area (Å²) in [6, 6.07) is 0. The predicted molar refractivity (Wildman–Crippen MR) is 72.9 cm³/mol. The van der Waals surface area contributed by atoms with Crippen molar-refractivity contribution in [1.82, 2.24) is 4.72 Å². The molecule has 0 radical (unpaired) electrons. The summed E-state index contributed by atoms with van der Waals surface area (Å²) in [6.07, 6.45) is 1.76. The number of aryl methyl sites for hydroxylation is 2. The van der Waals surface area contributed by atoms with E-state index in [4.69, 9.17) is 9.15 Å². The third kappa shape index (κ3) is 2.90. The number of sulfonamides is 1. The van der Waals surface area contributed by atoms with E-state index in [2.05, 4.69) is 4.72 Å². The summed E-state index contributed by atoms with van der Waals surface area (Å²) < 4.78 is 38.3. The lowest BCUT2D eigenvalue weighted by atomic mass is 10.0. The first kappa shape index (κ1) is 15.5. The van der Waals surface area contributed by atoms with Gasteiger partial charge in [0.25, 0.3) is 0 Å². The van der Waals surface area contributed by atoms with Gasteiger partial charge in [-0.3, -0.25) is 0 Å². The minimum atomic E-state index is -3.72. The van der Waals surface area contributed by atoms with Crippen LogP contribution in [0, 0.1) is 13.8 Å². The lowest BCUT2D eigenvalue weighted by Crippen LogP contribution is -2.40. The van der Waals surface area contributed by atoms with Gasteiger partial charge in [0, 0.05) is 18.7 Å². The van der Waals surface area contributed by atoms with Crippen molar-refractivity contribution in [3.8, 4) is 0 Å². The van der Waals surface area contributed by atoms with Gasteiger partial charge >= 0.3 is 0 Å². The molecule has 0 amide bonds. The third-order valence-electron chi connectivity index (χ3n) is 3.69. The molecule has 0 aromatic carbocycles. The van der Waals surface area contributed by atoms with Crippen LogP contribution in [-0.4, -0.2) is 32.3 Å². The van der Waals surface area contributed by atoms with Crippen molar-refractivity contribution in [3.05, 3.63) is 17.1 Å². The number of aliphatic hydroxyl groups is 1. The maximum atomic E-state index is 12.4. The Morgan fingerprint density at radius 2 is 2.05 bits per heavy atom. The Morgan fingerprint density at radius 3 is 2.60 bits per heavy atom. The van der Waals surface area contributed by atoms with Gasteiger partial charge in [-0.25, -0.2) is 13.1 Å². The van der Waals surface area contributed by atoms with Crippen LogP contribution in [0.5, 0.6) is 0 Å². The number of ether oxygens (including phenoxy) is 1. The van der Waals surface area contributed by atoms with E-state index in [1.54, 1.807) is 13.8 Å². The van der Waals surface area contributed by atoms with E-state index in [-0.39, 0.29) is 23.8 Å². The molecule has 1 aliphatic heterocycles. The Balaban J connectivity index is 2.22. The normalized spacial score (nSPS) is 23.4. The molecule has 20 heavy (non-hydrogen) atoms. The molecule has 2 heterocycles. The molecule has 1 atom stereocenters. The second-order valence-electron chi connectivity index (χ2n) is 5.41. The standard InChI is InChI=1S/C13H21NO5S/c1-9-11(7-15)12(10(2)19-9)20(16,17)14-8-13(3)5-4-6-18-13/h14-15H,4-8H2,1-3H3. The third-order valence-corrected chi connectivity index (χ3v) is 5.28. The van der Waals surface area contributed by atoms with Crippen LogP contribution in [-0.2, 0) is 21.4 Å². The van der Waals surface area contributed by atoms with Gasteiger partial charge in [-0.05, 0) is 33.6 Å². The number of hydrogen-bond donors (Lipinski definition) is 2. The molecule has 0 aliphatic carbocycles. The van der Waals surface area contributed by atoms with Crippen molar-refractivity contribution in [1.29, 1.82) is 0 Å². The van der Waals surface area contributed by atoms with E-state index < -0.39 is 15.6 Å². The fraction of sp³-hybridized carbons (Fsp3) is 0.692. The number of aliphatic hydroxyl groups excluding tert-OH is 1. The lowest BCUT2D eigenvalue weighted by molar-refractivity contribution is 0.0250. The maximum Gasteiger partial charge on any atom is 0.244 e. The molecule has 1 saturated heterocycles. The van der Waals surface area contributed by atoms with Crippen LogP contribution >= 0.6 is 0 Å². The Labute approximate surface area is 119 Å². The molecule has 2 N–H and O–H groups in total. The molecule has 0 spiro atoms. The zero-order valence-corrected chi connectivity index (χ0v) is 12.8. The van der Waals surface area contributed by atoms with Crippen LogP contribution in [0.4, 0.5) is 0 Å². The fourth-order valence-electron chi connectivity index (χ4n) is 2.54. The van der Waals surface area contributed by atoms with Gasteiger partial charge in [-0.15, -0.1) is 0 Å². The smallest absolute Gasteiger partial charge is 0.244 e. The Kier molecular flexibility index (Phi) is 4.24. The van der Waals surface area contributed by atoms with Gasteiger partial charge < -0.3 is 14.3 Å². The average molecular weight is 303 g/mol. The van der Waals surface area contributed by atoms with Gasteiger partial charge in [0.1, 0.15) is 16.4 Å². The number of rotatable bonds is 5. The van der Waals surface area contributed by atoms with E-state index in [9.17, 15) is 13.5 Å². The highest BCUT2D eigenvalue weighted by molar-refractivity contribution is 7.89. The van der Waals surface area contributed by atoms with E-state index in [0.717, 1.165) is 12.8 Å². The second kappa shape index (κ2) is 5.48. The summed E-state index contributed by atoms with van der Waals surface area (Å²) >= 11 is 0. The lowest BCUT2D eigenvalue weighted by Gasteiger charge is -2.23. The maximum absolute atomic E-state index is 12.4. The van der Waals surface area contributed by atoms with Gasteiger partial charge in [0.05, 0.1) is 12.2 Å². The summed E-state index contributed by atoms with van der Waals surface area (Å²) in [5.41, 5.74) is -0.147. The molecule has 1 aromatic rings. The summed E-state index contributed by atoms with van der Waals surface area (Å²) in [6.45, 7) is 5.61. The van der Waals surface area contributed by atoms with Gasteiger partial charge in [0.15, 0.2) is 0 Å². The van der Waals surface area contributed by atoms with Crippen LogP contribution in [0.15, 0.2) is 9.31 Å². The number of hydrogen-bond acceptors (Lipinski definition) is 5. The molecule has 2 rings (SSSR count). The average Bonchev–Trinajstić information content (AvgIpc) is 2.91. The zero-order chi connectivity index (χ0) is 15.0. The van der Waals surface area contributed by atoms with E-state index >= 15 is 0 Å². The van der Waals surface area contributed by atoms with Crippen LogP contribution in [0.2, 0.25) is 0 Å². The van der Waals surface area contributed by atoms with Crippen LogP contribution < -0.4 is 4.72 Å². The summed E-state index contributed by atoms with van der Waals surface area (Å²) in [7, 11) is -3.72. The zero-order valence-electron chi connectivity index (χ0n) is 12.0. The SMILES string of the molecule is Cc1oc(C)c(S(=O)(=O)NCC2(C)CCCO2)c1CO. The molecule has 0 bridgehead atoms. The van der Waals surface area contributed by atoms with Crippen LogP contribution in [0.1, 0.15) is 36.8 Å². The Hall–Kier alpha value is -0.890. The highest BCUT2D eigenvalue weighted by Gasteiger charge is 2.33. The first-order valence-electron chi connectivity index (χ1n) is 6.62. The van der Waals surface area contributed by atoms with Crippen LogP contribution in [0.25, 0.3) is 0 Å². The van der Waals surface area contributed by atoms with Crippen molar-refractivity contribution in [2.75, 3.05) is 13.2 Å². The molecule has 1 unspecified atom stereocenters. The fourth-order valence-corrected chi connectivity index (χ4v) is 4.13. The quantitative estimate of drug-likeness (QED) is 0.854. The van der Waals surface area contributed by atoms with E-state index in [1.807, 2.05) is 6.92 Å². The van der Waals surface area contributed by atoms with Crippen molar-refractivity contribution < 1.29 is 22.7 Å². The summed E-state index contributed by atoms with van der Waals surface area (Å²) in [5.74, 6) is 0.713. The van der Waals surface area contributed by atoms with E-state index in [1.165, 1.54) is 0 Å². The molecule has 7 heteroatoms. The molecule has 1 fully saturated rings. The first-order valence-corrected chi connectivity index (χ1v) is 8.11. The van der Waals surface area contributed by atoms with Gasteiger partial charge in [-0.2, -0.15) is 0 Å². The number of furan rings is 1. The minimum absolute atomic E-state index is 0.0408. The molecular formula is C13H21NO5S. The molecule has 1 aromatic heterocycles. The van der Waals surface area contributed by atoms with Crippen molar-refractivity contribution in [3.63, 3.8) is 0 Å². The Morgan fingerprint density at radius 1 is 1.35 bits per heavy atom. The molecular weight excluding hydrogens is 282 g/mol. The highest BCUT2D eigenvalue weighted by Crippen LogP contribution is 2.28. The van der Waals surface area contributed by atoms with Crippen molar-refractivity contribution in [2.24, 2.45) is 0 Å². The van der Waals surface area contributed by atoms with Crippen LogP contribution in [0.3, 0.4) is 0 Å². The van der Waals surface area contributed by atoms with Gasteiger partial charge in [0.2, 0.25) is 10.0 Å². The largest absolute Gasteiger partial charge is 0.465 e. The molecule has 0 saturated carbocycles. The number of nitrogens with one attached hydrogen (secondary N) is 1. The highest BCUT2D eigenvalue weighted by atomic mass is 32.2. The predicted octanol–water partition coefficient (Wildman–Crippen LogP) is 1.24.